The highest BCUT2D eigenvalue weighted by Gasteiger charge is 2.18. The van der Waals surface area contributed by atoms with Crippen molar-refractivity contribution in [1.82, 2.24) is 10.2 Å². The van der Waals surface area contributed by atoms with Crippen molar-refractivity contribution in [2.24, 2.45) is 5.73 Å². The Bertz CT molecular complexity index is 538. The van der Waals surface area contributed by atoms with Gasteiger partial charge in [0.05, 0.1) is 6.04 Å². The molecular weight excluding hydrogens is 313 g/mol. The molecule has 1 unspecified atom stereocenters. The Balaban J connectivity index is 0.00000163. The predicted octanol–water partition coefficient (Wildman–Crippen LogP) is 0.933. The van der Waals surface area contributed by atoms with Crippen LogP contribution in [0.25, 0.3) is 0 Å². The number of carbonyl (C=O) groups excluding carboxylic acids is 3. The molecule has 0 heterocycles. The van der Waals surface area contributed by atoms with Crippen LogP contribution in [0.4, 0.5) is 4.39 Å². The highest BCUT2D eigenvalue weighted by Crippen LogP contribution is 2.19. The fraction of sp³-hybridized carbons (Fsp3) is 0.471. The maximum Gasteiger partial charge on any atom is 0.210 e. The Morgan fingerprint density at radius 3 is 2.29 bits per heavy atom. The minimum atomic E-state index is -0.690. The van der Waals surface area contributed by atoms with Crippen molar-refractivity contribution in [3.05, 3.63) is 34.6 Å². The predicted molar refractivity (Wildman–Crippen MR) is 90.8 cm³/mol. The summed E-state index contributed by atoms with van der Waals surface area (Å²) in [4.78, 5) is 33.8. The first-order chi connectivity index (χ1) is 11.5. The van der Waals surface area contributed by atoms with Gasteiger partial charge in [-0.05, 0) is 38.6 Å². The van der Waals surface area contributed by atoms with Gasteiger partial charge in [0.25, 0.3) is 0 Å². The second-order valence-electron chi connectivity index (χ2n) is 5.25. The van der Waals surface area contributed by atoms with Crippen molar-refractivity contribution >= 4 is 19.0 Å². The zero-order valence-electron chi connectivity index (χ0n) is 14.4. The van der Waals surface area contributed by atoms with Gasteiger partial charge in [-0.2, -0.15) is 0 Å². The number of halogens is 1. The summed E-state index contributed by atoms with van der Waals surface area (Å²) in [6, 6.07) is 2.57. The Morgan fingerprint density at radius 1 is 1.25 bits per heavy atom. The lowest BCUT2D eigenvalue weighted by Gasteiger charge is -2.24. The van der Waals surface area contributed by atoms with Gasteiger partial charge in [-0.1, -0.05) is 12.1 Å². The van der Waals surface area contributed by atoms with Crippen LogP contribution in [0.1, 0.15) is 29.5 Å². The average Bonchev–Trinajstić information content (AvgIpc) is 2.58. The highest BCUT2D eigenvalue weighted by atomic mass is 19.1. The van der Waals surface area contributed by atoms with Gasteiger partial charge in [-0.15, -0.1) is 0 Å². The molecule has 0 aliphatic rings. The maximum atomic E-state index is 14.0. The van der Waals surface area contributed by atoms with E-state index in [1.807, 2.05) is 14.1 Å². The zero-order chi connectivity index (χ0) is 18.5. The molecule has 0 aliphatic carbocycles. The van der Waals surface area contributed by atoms with Gasteiger partial charge in [-0.25, -0.2) is 4.39 Å². The first-order valence-corrected chi connectivity index (χ1v) is 7.65. The Labute approximate surface area is 142 Å². The van der Waals surface area contributed by atoms with E-state index in [4.69, 9.17) is 5.73 Å². The molecule has 3 N–H and O–H groups in total. The van der Waals surface area contributed by atoms with E-state index in [1.54, 1.807) is 19.1 Å². The van der Waals surface area contributed by atoms with E-state index < -0.39 is 11.9 Å². The van der Waals surface area contributed by atoms with Crippen LogP contribution in [0.5, 0.6) is 0 Å². The lowest BCUT2D eigenvalue weighted by Crippen LogP contribution is -2.35. The number of benzene rings is 1. The minimum Gasteiger partial charge on any atom is -0.331 e. The lowest BCUT2D eigenvalue weighted by atomic mass is 10.0. The van der Waals surface area contributed by atoms with Crippen molar-refractivity contribution in [2.45, 2.75) is 38.9 Å². The van der Waals surface area contributed by atoms with Gasteiger partial charge in [-0.3, -0.25) is 4.79 Å². The summed E-state index contributed by atoms with van der Waals surface area (Å²) in [6.45, 7) is 1.81. The molecule has 0 saturated heterocycles. The first-order valence-electron chi connectivity index (χ1n) is 7.65. The number of hydrogen-bond acceptors (Lipinski definition) is 5. The molecule has 1 amide bonds. The van der Waals surface area contributed by atoms with E-state index in [-0.39, 0.29) is 25.9 Å². The molecule has 0 saturated carbocycles. The molecule has 0 fully saturated rings. The molecule has 0 radical (unpaired) electrons. The van der Waals surface area contributed by atoms with Crippen LogP contribution in [-0.2, 0) is 27.5 Å². The van der Waals surface area contributed by atoms with E-state index >= 15 is 0 Å². The number of nitrogens with one attached hydrogen (secondary N) is 1. The third kappa shape index (κ3) is 6.55. The van der Waals surface area contributed by atoms with Crippen molar-refractivity contribution in [2.75, 3.05) is 14.1 Å². The largest absolute Gasteiger partial charge is 0.331 e. The van der Waals surface area contributed by atoms with Crippen molar-refractivity contribution in [3.63, 3.8) is 0 Å². The van der Waals surface area contributed by atoms with Crippen LogP contribution in [0.15, 0.2) is 12.1 Å². The topological polar surface area (TPSA) is 92.5 Å². The second-order valence-corrected chi connectivity index (χ2v) is 5.25. The quantitative estimate of drug-likeness (QED) is 0.653. The van der Waals surface area contributed by atoms with Crippen LogP contribution >= 0.6 is 0 Å². The molecule has 24 heavy (non-hydrogen) atoms. The summed E-state index contributed by atoms with van der Waals surface area (Å²) in [5.74, 6) is -0.392. The molecular formula is C17H26FN3O3. The van der Waals surface area contributed by atoms with E-state index in [9.17, 15) is 18.8 Å². The van der Waals surface area contributed by atoms with Crippen LogP contribution < -0.4 is 11.1 Å². The Morgan fingerprint density at radius 2 is 1.83 bits per heavy atom. The van der Waals surface area contributed by atoms with E-state index in [2.05, 4.69) is 5.32 Å². The van der Waals surface area contributed by atoms with Gasteiger partial charge in [0.1, 0.15) is 18.4 Å². The van der Waals surface area contributed by atoms with Gasteiger partial charge < -0.3 is 25.5 Å². The van der Waals surface area contributed by atoms with Crippen molar-refractivity contribution < 1.29 is 18.8 Å². The van der Waals surface area contributed by atoms with E-state index in [1.165, 1.54) is 4.90 Å². The Hall–Kier alpha value is -2.12. The summed E-state index contributed by atoms with van der Waals surface area (Å²) in [5.41, 5.74) is 6.85. The molecule has 1 aromatic rings. The number of rotatable bonds is 9. The summed E-state index contributed by atoms with van der Waals surface area (Å²) >= 11 is 0. The number of amides is 1. The second kappa shape index (κ2) is 12.3. The monoisotopic (exact) mass is 339 g/mol. The summed E-state index contributed by atoms with van der Waals surface area (Å²) in [7, 11) is 3.75. The first kappa shape index (κ1) is 21.9. The third-order valence-corrected chi connectivity index (χ3v) is 3.45. The van der Waals surface area contributed by atoms with Crippen molar-refractivity contribution in [3.8, 4) is 0 Å². The number of nitrogens with two attached hydrogens (primary N) is 1. The fourth-order valence-corrected chi connectivity index (χ4v) is 2.09. The maximum absolute atomic E-state index is 14.0. The smallest absolute Gasteiger partial charge is 0.210 e. The Kier molecular flexibility index (Phi) is 11.2. The summed E-state index contributed by atoms with van der Waals surface area (Å²) in [5, 5.41) is 2.75. The molecule has 0 aromatic heterocycles. The molecule has 1 rings (SSSR count). The SMILES string of the molecule is CNC.Cc1c(CN(C=O)C(C=O)CCC=O)ccc(CN)c1F. The molecule has 7 heteroatoms. The molecule has 0 spiro atoms. The van der Waals surface area contributed by atoms with Crippen LogP contribution in [0.2, 0.25) is 0 Å². The van der Waals surface area contributed by atoms with Gasteiger partial charge in [0.2, 0.25) is 6.41 Å². The number of nitrogens with zero attached hydrogens (tertiary/aromatic N) is 1. The molecule has 1 aromatic carbocycles. The lowest BCUT2D eigenvalue weighted by molar-refractivity contribution is -0.126. The van der Waals surface area contributed by atoms with E-state index in [0.29, 0.717) is 35.7 Å². The van der Waals surface area contributed by atoms with Gasteiger partial charge in [0, 0.05) is 25.1 Å². The van der Waals surface area contributed by atoms with E-state index in [0.717, 1.165) is 0 Å². The fourth-order valence-electron chi connectivity index (χ4n) is 2.09. The third-order valence-electron chi connectivity index (χ3n) is 3.45. The van der Waals surface area contributed by atoms with Gasteiger partial charge in [0.15, 0.2) is 0 Å². The van der Waals surface area contributed by atoms with Crippen LogP contribution in [0, 0.1) is 12.7 Å². The van der Waals surface area contributed by atoms with Crippen LogP contribution in [0.3, 0.4) is 0 Å². The molecule has 1 atom stereocenters. The minimum absolute atomic E-state index is 0.0979. The highest BCUT2D eigenvalue weighted by molar-refractivity contribution is 5.65. The zero-order valence-corrected chi connectivity index (χ0v) is 14.4. The normalized spacial score (nSPS) is 11.0. The summed E-state index contributed by atoms with van der Waals surface area (Å²) in [6.07, 6.45) is 2.30. The standard InChI is InChI=1S/C15H19FN2O3.C2H7N/c1-11-13(5-4-12(7-17)15(11)16)8-18(10-21)14(9-20)3-2-6-19;1-3-2/h4-6,9-10,14H,2-3,7-8,17H2,1H3;3H,1-2H3. The number of carbonyl (C=O) groups is 3. The van der Waals surface area contributed by atoms with Crippen LogP contribution in [-0.4, -0.2) is 44.0 Å². The average molecular weight is 339 g/mol. The molecule has 0 bridgehead atoms. The summed E-state index contributed by atoms with van der Waals surface area (Å²) < 4.78 is 14.0. The molecule has 6 nitrogen and oxygen atoms in total. The number of hydrogen-bond donors (Lipinski definition) is 2. The van der Waals surface area contributed by atoms with Crippen molar-refractivity contribution in [1.29, 1.82) is 0 Å². The van der Waals surface area contributed by atoms with Gasteiger partial charge >= 0.3 is 0 Å². The number of aldehydes is 2. The molecule has 0 aliphatic heterocycles. The molecule has 134 valence electrons.